The summed E-state index contributed by atoms with van der Waals surface area (Å²) in [6, 6.07) is 4.77. The number of piperidine rings is 1. The van der Waals surface area contributed by atoms with Crippen LogP contribution in [0.3, 0.4) is 0 Å². The summed E-state index contributed by atoms with van der Waals surface area (Å²) in [5, 5.41) is 17.2. The molecule has 2 bridgehead atoms. The van der Waals surface area contributed by atoms with E-state index in [0.29, 0.717) is 24.4 Å². The Morgan fingerprint density at radius 3 is 2.56 bits per heavy atom. The van der Waals surface area contributed by atoms with E-state index in [9.17, 15) is 19.7 Å². The number of methoxy groups -OCH3 is 1. The summed E-state index contributed by atoms with van der Waals surface area (Å²) in [4.78, 5) is 34.4. The summed E-state index contributed by atoms with van der Waals surface area (Å²) < 4.78 is 4.60. The summed E-state index contributed by atoms with van der Waals surface area (Å²) in [5.41, 5.74) is 0.00141. The molecule has 0 spiro atoms. The van der Waals surface area contributed by atoms with Gasteiger partial charge >= 0.3 is 5.97 Å². The lowest BCUT2D eigenvalue weighted by Crippen LogP contribution is -2.39. The van der Waals surface area contributed by atoms with E-state index in [2.05, 4.69) is 15.4 Å². The van der Waals surface area contributed by atoms with Crippen LogP contribution in [-0.2, 0) is 9.53 Å². The number of nitrogens with zero attached hydrogens (tertiary/aromatic N) is 1. The standard InChI is InChI=1S/C17H21N3O5/c1-25-17(22)11-7-14(9-15(8-11)20(23)24)19-16(21)6-10-4-12-2-3-13(5-10)18-12/h7-10,12-13,18H,2-6H2,1H3,(H,19,21). The molecule has 8 nitrogen and oxygen atoms in total. The maximum absolute atomic E-state index is 12.3. The smallest absolute Gasteiger partial charge is 0.338 e. The fourth-order valence-corrected chi connectivity index (χ4v) is 3.84. The molecule has 1 amide bonds. The maximum atomic E-state index is 12.3. The molecule has 3 rings (SSSR count). The summed E-state index contributed by atoms with van der Waals surface area (Å²) in [7, 11) is 1.20. The first kappa shape index (κ1) is 17.3. The van der Waals surface area contributed by atoms with Crippen LogP contribution in [-0.4, -0.2) is 36.0 Å². The minimum Gasteiger partial charge on any atom is -0.465 e. The van der Waals surface area contributed by atoms with Crippen LogP contribution in [0.5, 0.6) is 0 Å². The zero-order valence-electron chi connectivity index (χ0n) is 14.0. The molecule has 2 N–H and O–H groups in total. The molecule has 0 aromatic heterocycles. The number of nitro groups is 1. The molecule has 2 atom stereocenters. The van der Waals surface area contributed by atoms with Crippen LogP contribution in [0.2, 0.25) is 0 Å². The van der Waals surface area contributed by atoms with Crippen molar-refractivity contribution in [2.75, 3.05) is 12.4 Å². The number of rotatable bonds is 5. The first-order valence-electron chi connectivity index (χ1n) is 8.38. The monoisotopic (exact) mass is 347 g/mol. The van der Waals surface area contributed by atoms with Crippen LogP contribution < -0.4 is 10.6 Å². The number of anilines is 1. The van der Waals surface area contributed by atoms with Gasteiger partial charge in [0, 0.05) is 36.3 Å². The molecule has 8 heteroatoms. The van der Waals surface area contributed by atoms with Crippen LogP contribution in [0.25, 0.3) is 0 Å². The third kappa shape index (κ3) is 4.14. The van der Waals surface area contributed by atoms with Crippen molar-refractivity contribution in [1.29, 1.82) is 0 Å². The van der Waals surface area contributed by atoms with Gasteiger partial charge in [-0.25, -0.2) is 4.79 Å². The van der Waals surface area contributed by atoms with Crippen molar-refractivity contribution in [3.05, 3.63) is 33.9 Å². The topological polar surface area (TPSA) is 111 Å². The molecular formula is C17H21N3O5. The van der Waals surface area contributed by atoms with Gasteiger partial charge in [-0.1, -0.05) is 0 Å². The van der Waals surface area contributed by atoms with Crippen LogP contribution in [0.1, 0.15) is 42.5 Å². The third-order valence-corrected chi connectivity index (χ3v) is 4.88. The zero-order chi connectivity index (χ0) is 18.0. The first-order chi connectivity index (χ1) is 11.9. The Hall–Kier alpha value is -2.48. The number of amides is 1. The molecule has 1 aromatic carbocycles. The second kappa shape index (κ2) is 7.18. The molecule has 2 aliphatic rings. The Bertz CT molecular complexity index is 694. The van der Waals surface area contributed by atoms with Crippen LogP contribution in [0, 0.1) is 16.0 Å². The molecule has 1 aromatic rings. The Kier molecular flexibility index (Phi) is 4.98. The number of fused-ring (bicyclic) bond motifs is 2. The van der Waals surface area contributed by atoms with Crippen molar-refractivity contribution in [3.63, 3.8) is 0 Å². The Balaban J connectivity index is 1.68. The summed E-state index contributed by atoms with van der Waals surface area (Å²) in [6.07, 6.45) is 4.66. The van der Waals surface area contributed by atoms with Gasteiger partial charge in [-0.3, -0.25) is 14.9 Å². The van der Waals surface area contributed by atoms with E-state index in [1.807, 2.05) is 0 Å². The molecule has 2 saturated heterocycles. The SMILES string of the molecule is COC(=O)c1cc(NC(=O)CC2CC3CCC(C2)N3)cc([N+](=O)[O-])c1. The first-order valence-corrected chi connectivity index (χ1v) is 8.38. The molecule has 0 saturated carbocycles. The van der Waals surface area contributed by atoms with Gasteiger partial charge in [0.25, 0.3) is 5.69 Å². The maximum Gasteiger partial charge on any atom is 0.338 e. The fourth-order valence-electron chi connectivity index (χ4n) is 3.84. The highest BCUT2D eigenvalue weighted by Gasteiger charge is 2.34. The number of carbonyl (C=O) groups is 2. The second-order valence-electron chi connectivity index (χ2n) is 6.74. The number of carbonyl (C=O) groups excluding carboxylic acids is 2. The molecule has 25 heavy (non-hydrogen) atoms. The molecule has 2 unspecified atom stereocenters. The average molecular weight is 347 g/mol. The van der Waals surface area contributed by atoms with Gasteiger partial charge in [-0.2, -0.15) is 0 Å². The third-order valence-electron chi connectivity index (χ3n) is 4.88. The molecule has 2 fully saturated rings. The number of nitro benzene ring substituents is 1. The van der Waals surface area contributed by atoms with Crippen LogP contribution in [0.4, 0.5) is 11.4 Å². The number of benzene rings is 1. The number of hydrogen-bond acceptors (Lipinski definition) is 6. The van der Waals surface area contributed by atoms with Crippen LogP contribution in [0.15, 0.2) is 18.2 Å². The summed E-state index contributed by atoms with van der Waals surface area (Å²) >= 11 is 0. The fraction of sp³-hybridized carbons (Fsp3) is 0.529. The van der Waals surface area contributed by atoms with Gasteiger partial charge in [-0.15, -0.1) is 0 Å². The lowest BCUT2D eigenvalue weighted by molar-refractivity contribution is -0.384. The number of hydrogen-bond donors (Lipinski definition) is 2. The van der Waals surface area contributed by atoms with Crippen molar-refractivity contribution < 1.29 is 19.2 Å². The van der Waals surface area contributed by atoms with E-state index >= 15 is 0 Å². The van der Waals surface area contributed by atoms with Crippen molar-refractivity contribution in [2.45, 2.75) is 44.2 Å². The van der Waals surface area contributed by atoms with E-state index in [0.717, 1.165) is 31.7 Å². The highest BCUT2D eigenvalue weighted by molar-refractivity contribution is 5.95. The molecule has 2 heterocycles. The average Bonchev–Trinajstić information content (AvgIpc) is 2.92. The van der Waals surface area contributed by atoms with Gasteiger partial charge in [0.2, 0.25) is 5.91 Å². The number of nitrogens with one attached hydrogen (secondary N) is 2. The Morgan fingerprint density at radius 2 is 1.96 bits per heavy atom. The van der Waals surface area contributed by atoms with E-state index in [-0.39, 0.29) is 22.8 Å². The van der Waals surface area contributed by atoms with Gasteiger partial charge in [0.1, 0.15) is 0 Å². The molecule has 134 valence electrons. The Labute approximate surface area is 145 Å². The van der Waals surface area contributed by atoms with E-state index in [4.69, 9.17) is 0 Å². The zero-order valence-corrected chi connectivity index (χ0v) is 14.0. The molecular weight excluding hydrogens is 326 g/mol. The second-order valence-corrected chi connectivity index (χ2v) is 6.74. The van der Waals surface area contributed by atoms with Gasteiger partial charge in [0.05, 0.1) is 17.6 Å². The summed E-state index contributed by atoms with van der Waals surface area (Å²) in [6.45, 7) is 0. The van der Waals surface area contributed by atoms with E-state index in [1.165, 1.54) is 19.2 Å². The van der Waals surface area contributed by atoms with Crippen molar-refractivity contribution >= 4 is 23.3 Å². The van der Waals surface area contributed by atoms with Gasteiger partial charge < -0.3 is 15.4 Å². The number of non-ortho nitro benzene ring substituents is 1. The highest BCUT2D eigenvalue weighted by atomic mass is 16.6. The molecule has 2 aliphatic heterocycles. The quantitative estimate of drug-likeness (QED) is 0.480. The summed E-state index contributed by atoms with van der Waals surface area (Å²) in [5.74, 6) is -0.561. The largest absolute Gasteiger partial charge is 0.465 e. The normalized spacial score (nSPS) is 24.6. The molecule has 0 aliphatic carbocycles. The van der Waals surface area contributed by atoms with E-state index < -0.39 is 10.9 Å². The predicted octanol–water partition coefficient (Wildman–Crippen LogP) is 2.24. The van der Waals surface area contributed by atoms with Crippen molar-refractivity contribution in [2.24, 2.45) is 5.92 Å². The lowest BCUT2D eigenvalue weighted by Gasteiger charge is -2.28. The minimum absolute atomic E-state index is 0.0342. The Morgan fingerprint density at radius 1 is 1.28 bits per heavy atom. The predicted molar refractivity (Wildman–Crippen MR) is 90.4 cm³/mol. The highest BCUT2D eigenvalue weighted by Crippen LogP contribution is 2.33. The molecule has 0 radical (unpaired) electrons. The van der Waals surface area contributed by atoms with Gasteiger partial charge in [0.15, 0.2) is 0 Å². The van der Waals surface area contributed by atoms with Crippen LogP contribution >= 0.6 is 0 Å². The van der Waals surface area contributed by atoms with Crippen molar-refractivity contribution in [3.8, 4) is 0 Å². The van der Waals surface area contributed by atoms with Crippen molar-refractivity contribution in [1.82, 2.24) is 5.32 Å². The van der Waals surface area contributed by atoms with Gasteiger partial charge in [-0.05, 0) is 37.7 Å². The number of esters is 1. The minimum atomic E-state index is -0.686. The lowest BCUT2D eigenvalue weighted by atomic mass is 9.89. The van der Waals surface area contributed by atoms with E-state index in [1.54, 1.807) is 0 Å². The number of ether oxygens (including phenoxy) is 1.